The summed E-state index contributed by atoms with van der Waals surface area (Å²) in [7, 11) is 3.36. The van der Waals surface area contributed by atoms with Gasteiger partial charge < -0.3 is 20.5 Å². The number of piperazine rings is 1. The van der Waals surface area contributed by atoms with Crippen molar-refractivity contribution in [3.05, 3.63) is 46.0 Å². The van der Waals surface area contributed by atoms with E-state index in [0.29, 0.717) is 34.2 Å². The largest absolute Gasteiger partial charge is 0.393 e. The highest BCUT2D eigenvalue weighted by Crippen LogP contribution is 2.35. The fourth-order valence-electron chi connectivity index (χ4n) is 6.87. The quantitative estimate of drug-likeness (QED) is 0.210. The molecular weight excluding hydrogens is 654 g/mol. The van der Waals surface area contributed by atoms with Gasteiger partial charge in [-0.2, -0.15) is 23.4 Å². The van der Waals surface area contributed by atoms with Gasteiger partial charge in [-0.3, -0.25) is 19.5 Å². The van der Waals surface area contributed by atoms with E-state index in [-0.39, 0.29) is 16.8 Å². The van der Waals surface area contributed by atoms with Gasteiger partial charge in [-0.15, -0.1) is 11.3 Å². The highest BCUT2D eigenvalue weighted by molar-refractivity contribution is 7.18. The Morgan fingerprint density at radius 1 is 1.00 bits per heavy atom. The minimum absolute atomic E-state index is 0.0373. The molecule has 4 aromatic rings. The number of hydrogen-bond acceptors (Lipinski definition) is 10. The minimum Gasteiger partial charge on any atom is -0.367 e. The molecule has 1 aromatic carbocycles. The molecule has 3 aromatic heterocycles. The van der Waals surface area contributed by atoms with Crippen molar-refractivity contribution in [1.82, 2.24) is 34.6 Å². The van der Waals surface area contributed by atoms with Gasteiger partial charge in [0.25, 0.3) is 0 Å². The van der Waals surface area contributed by atoms with Crippen LogP contribution in [0.1, 0.15) is 34.5 Å². The van der Waals surface area contributed by atoms with E-state index in [0.717, 1.165) is 94.0 Å². The lowest BCUT2D eigenvalue weighted by atomic mass is 10.0. The summed E-state index contributed by atoms with van der Waals surface area (Å²) in [6, 6.07) is 10.4. The van der Waals surface area contributed by atoms with Gasteiger partial charge in [0.05, 0.1) is 18.4 Å². The number of anilines is 2. The Morgan fingerprint density at radius 3 is 2.41 bits per heavy atom. The normalized spacial score (nSPS) is 17.1. The Morgan fingerprint density at radius 2 is 1.73 bits per heavy atom. The summed E-state index contributed by atoms with van der Waals surface area (Å²) in [6.45, 7) is 10.2. The molecule has 2 aliphatic heterocycles. The van der Waals surface area contributed by atoms with Crippen LogP contribution in [0.3, 0.4) is 0 Å². The van der Waals surface area contributed by atoms with E-state index in [9.17, 15) is 23.2 Å². The first kappa shape index (κ1) is 34.9. The Kier molecular flexibility index (Phi) is 10.6. The predicted molar refractivity (Wildman–Crippen MR) is 187 cm³/mol. The second kappa shape index (κ2) is 14.9. The summed E-state index contributed by atoms with van der Waals surface area (Å²) in [5.41, 5.74) is 4.16. The number of nitrogens with zero attached hydrogens (tertiary/aromatic N) is 7. The molecule has 1 amide bonds. The van der Waals surface area contributed by atoms with Gasteiger partial charge in [-0.1, -0.05) is 6.07 Å². The molecule has 0 aliphatic carbocycles. The van der Waals surface area contributed by atoms with Gasteiger partial charge in [0.2, 0.25) is 11.9 Å². The summed E-state index contributed by atoms with van der Waals surface area (Å²) < 4.78 is 41.3. The zero-order chi connectivity index (χ0) is 34.7. The first-order valence-corrected chi connectivity index (χ1v) is 17.6. The maximum Gasteiger partial charge on any atom is 0.393 e. The van der Waals surface area contributed by atoms with Crippen molar-refractivity contribution < 1.29 is 18.0 Å². The molecule has 0 radical (unpaired) electrons. The first-order valence-electron chi connectivity index (χ1n) is 16.7. The fraction of sp³-hybridized carbons (Fsp3) is 0.529. The van der Waals surface area contributed by atoms with E-state index in [1.165, 1.54) is 11.1 Å². The SMILES string of the molecule is CNC(=O)CN1CCN(CCn2c(C#N)cc3c(C)c(CN4CCC(Nc5nc(NC)nc6sc(CC(F)(F)F)cc56)CC4)ccc32)CC1. The summed E-state index contributed by atoms with van der Waals surface area (Å²) in [5, 5.41) is 20.8. The molecule has 0 bridgehead atoms. The van der Waals surface area contributed by atoms with Crippen molar-refractivity contribution >= 4 is 50.1 Å². The number of carbonyl (C=O) groups excluding carboxylic acids is 1. The van der Waals surface area contributed by atoms with E-state index in [1.807, 2.05) is 6.07 Å². The average Bonchev–Trinajstić information content (AvgIpc) is 3.66. The number of halogens is 3. The summed E-state index contributed by atoms with van der Waals surface area (Å²) in [6.07, 6.45) is -3.51. The van der Waals surface area contributed by atoms with Crippen LogP contribution in [0.2, 0.25) is 0 Å². The van der Waals surface area contributed by atoms with Crippen molar-refractivity contribution in [2.45, 2.75) is 51.5 Å². The lowest BCUT2D eigenvalue weighted by Crippen LogP contribution is -2.49. The summed E-state index contributed by atoms with van der Waals surface area (Å²) in [5.74, 6) is 0.986. The Hall–Kier alpha value is -3.97. The summed E-state index contributed by atoms with van der Waals surface area (Å²) >= 11 is 1.05. The lowest BCUT2D eigenvalue weighted by Gasteiger charge is -2.34. The van der Waals surface area contributed by atoms with Crippen LogP contribution >= 0.6 is 11.3 Å². The lowest BCUT2D eigenvalue weighted by molar-refractivity contribution is -0.126. The highest BCUT2D eigenvalue weighted by atomic mass is 32.1. The van der Waals surface area contributed by atoms with Gasteiger partial charge in [-0.25, -0.2) is 4.98 Å². The molecule has 0 saturated carbocycles. The zero-order valence-electron chi connectivity index (χ0n) is 28.2. The van der Waals surface area contributed by atoms with Crippen molar-refractivity contribution in [1.29, 1.82) is 5.26 Å². The highest BCUT2D eigenvalue weighted by Gasteiger charge is 2.30. The van der Waals surface area contributed by atoms with Crippen molar-refractivity contribution in [3.63, 3.8) is 0 Å². The number of rotatable bonds is 11. The number of likely N-dealkylation sites (tertiary alicyclic amines) is 1. The molecule has 2 saturated heterocycles. The van der Waals surface area contributed by atoms with Crippen molar-refractivity contribution in [2.24, 2.45) is 0 Å². The first-order chi connectivity index (χ1) is 23.5. The topological polar surface area (TPSA) is 117 Å². The fourth-order valence-corrected chi connectivity index (χ4v) is 7.93. The third kappa shape index (κ3) is 8.26. The number of aromatic nitrogens is 3. The second-order valence-electron chi connectivity index (χ2n) is 12.9. The van der Waals surface area contributed by atoms with E-state index >= 15 is 0 Å². The van der Waals surface area contributed by atoms with Crippen LogP contribution < -0.4 is 16.0 Å². The van der Waals surface area contributed by atoms with E-state index in [2.05, 4.69) is 70.3 Å². The molecular formula is C34H43F3N10OS. The Labute approximate surface area is 288 Å². The summed E-state index contributed by atoms with van der Waals surface area (Å²) in [4.78, 5) is 28.4. The smallest absolute Gasteiger partial charge is 0.367 e. The van der Waals surface area contributed by atoms with Crippen molar-refractivity contribution in [2.75, 3.05) is 77.1 Å². The number of carbonyl (C=O) groups is 1. The number of alkyl halides is 3. The van der Waals surface area contributed by atoms with Crippen LogP contribution in [0.5, 0.6) is 0 Å². The number of nitrogens with one attached hydrogen (secondary N) is 3. The molecule has 5 heterocycles. The molecule has 49 heavy (non-hydrogen) atoms. The Balaban J connectivity index is 1.06. The van der Waals surface area contributed by atoms with Crippen LogP contribution in [0, 0.1) is 18.3 Å². The number of amides is 1. The molecule has 2 aliphatic rings. The molecule has 11 nitrogen and oxygen atoms in total. The van der Waals surface area contributed by atoms with E-state index < -0.39 is 12.6 Å². The van der Waals surface area contributed by atoms with Gasteiger partial charge in [0, 0.05) is 94.8 Å². The molecule has 3 N–H and O–H groups in total. The zero-order valence-corrected chi connectivity index (χ0v) is 29.0. The number of benzene rings is 1. The number of aryl methyl sites for hydroxylation is 1. The molecule has 2 fully saturated rings. The molecule has 0 atom stereocenters. The van der Waals surface area contributed by atoms with Gasteiger partial charge in [-0.05, 0) is 49.1 Å². The van der Waals surface area contributed by atoms with Crippen LogP contribution in [0.25, 0.3) is 21.1 Å². The third-order valence-corrected chi connectivity index (χ3v) is 10.7. The number of thiophene rings is 1. The number of likely N-dealkylation sites (N-methyl/N-ethyl adjacent to an activating group) is 1. The van der Waals surface area contributed by atoms with Crippen LogP contribution in [0.4, 0.5) is 24.9 Å². The number of nitriles is 1. The molecule has 0 unspecified atom stereocenters. The second-order valence-corrected chi connectivity index (χ2v) is 14.0. The van der Waals surface area contributed by atoms with E-state index in [4.69, 9.17) is 0 Å². The third-order valence-electron chi connectivity index (χ3n) is 9.70. The van der Waals surface area contributed by atoms with Crippen LogP contribution in [-0.4, -0.2) is 114 Å². The molecule has 15 heteroatoms. The van der Waals surface area contributed by atoms with Crippen LogP contribution in [0.15, 0.2) is 24.3 Å². The molecule has 0 spiro atoms. The van der Waals surface area contributed by atoms with Gasteiger partial charge in [0.1, 0.15) is 22.4 Å². The number of piperidine rings is 1. The monoisotopic (exact) mass is 696 g/mol. The maximum absolute atomic E-state index is 13.1. The van der Waals surface area contributed by atoms with Crippen molar-refractivity contribution in [3.8, 4) is 6.07 Å². The standard InChI is InChI=1S/C34H43F3N10OS/c1-22-23(4-5-29-27(22)16-25(19-38)47(29)15-14-44-10-12-46(13-11-44)21-30(48)39-2)20-45-8-6-24(7-9-45)41-31-28-17-26(18-34(35,36)37)49-32(28)43-33(40-3)42-31/h4-5,16-17,24H,6-15,18,20-21H2,1-3H3,(H,39,48)(H2,40,41,42,43). The molecule has 6 rings (SSSR count). The predicted octanol–water partition coefficient (Wildman–Crippen LogP) is 4.41. The number of hydrogen-bond donors (Lipinski definition) is 3. The minimum atomic E-state index is -4.28. The maximum atomic E-state index is 13.1. The van der Waals surface area contributed by atoms with Gasteiger partial charge >= 0.3 is 6.18 Å². The number of fused-ring (bicyclic) bond motifs is 2. The average molecular weight is 697 g/mol. The van der Waals surface area contributed by atoms with E-state index in [1.54, 1.807) is 20.2 Å². The Bertz CT molecular complexity index is 1830. The van der Waals surface area contributed by atoms with Gasteiger partial charge in [0.15, 0.2) is 0 Å². The van der Waals surface area contributed by atoms with Crippen LogP contribution in [-0.2, 0) is 24.3 Å². The molecule has 262 valence electrons.